The molecule has 1 aromatic heterocycles. The molecular formula is C24H18O4. The van der Waals surface area contributed by atoms with Gasteiger partial charge in [-0.05, 0) is 23.3 Å². The Morgan fingerprint density at radius 1 is 0.857 bits per heavy atom. The largest absolute Gasteiger partial charge is 0.464 e. The smallest absolute Gasteiger partial charge is 0.318 e. The molecular weight excluding hydrogens is 352 g/mol. The summed E-state index contributed by atoms with van der Waals surface area (Å²) in [5.74, 6) is -1.34. The molecule has 0 N–H and O–H groups in total. The van der Waals surface area contributed by atoms with Gasteiger partial charge in [0.25, 0.3) is 0 Å². The highest BCUT2D eigenvalue weighted by molar-refractivity contribution is 5.84. The molecule has 0 spiro atoms. The summed E-state index contributed by atoms with van der Waals surface area (Å²) >= 11 is 0. The predicted molar refractivity (Wildman–Crippen MR) is 107 cm³/mol. The van der Waals surface area contributed by atoms with Crippen LogP contribution >= 0.6 is 0 Å². The summed E-state index contributed by atoms with van der Waals surface area (Å²) in [4.78, 5) is 26.1. The third-order valence-electron chi connectivity index (χ3n) is 4.61. The van der Waals surface area contributed by atoms with Crippen LogP contribution in [-0.4, -0.2) is 5.97 Å². The fourth-order valence-electron chi connectivity index (χ4n) is 3.19. The van der Waals surface area contributed by atoms with Gasteiger partial charge in [-0.25, -0.2) is 0 Å². The number of rotatable bonds is 5. The van der Waals surface area contributed by atoms with E-state index < -0.39 is 11.9 Å². The van der Waals surface area contributed by atoms with Crippen molar-refractivity contribution in [3.8, 4) is 0 Å². The van der Waals surface area contributed by atoms with Crippen molar-refractivity contribution < 1.29 is 13.9 Å². The summed E-state index contributed by atoms with van der Waals surface area (Å²) in [6.07, 6.45) is 1.37. The minimum absolute atomic E-state index is 0.141. The van der Waals surface area contributed by atoms with Gasteiger partial charge < -0.3 is 9.15 Å². The van der Waals surface area contributed by atoms with Crippen LogP contribution < -0.4 is 5.43 Å². The Bertz CT molecular complexity index is 1150. The average molecular weight is 370 g/mol. The molecule has 0 radical (unpaired) electrons. The van der Waals surface area contributed by atoms with Crippen LogP contribution in [0, 0.1) is 0 Å². The first kappa shape index (κ1) is 17.7. The first-order chi connectivity index (χ1) is 13.7. The number of benzene rings is 3. The van der Waals surface area contributed by atoms with Crippen LogP contribution in [0.3, 0.4) is 0 Å². The number of hydrogen-bond acceptors (Lipinski definition) is 4. The van der Waals surface area contributed by atoms with Gasteiger partial charge in [0.2, 0.25) is 0 Å². The standard InChI is InChI=1S/C24H18O4/c25-23-19-13-7-8-14-21(19)27-16-20(23)22(18-11-5-2-6-12-18)24(26)28-15-17-9-3-1-4-10-17/h1-14,16,22H,15H2. The molecule has 0 aliphatic carbocycles. The first-order valence-electron chi connectivity index (χ1n) is 9.00. The van der Waals surface area contributed by atoms with E-state index in [1.807, 2.05) is 60.7 Å². The summed E-state index contributed by atoms with van der Waals surface area (Å²) in [5.41, 5.74) is 2.09. The Kier molecular flexibility index (Phi) is 5.02. The van der Waals surface area contributed by atoms with Crippen LogP contribution in [0.5, 0.6) is 0 Å². The van der Waals surface area contributed by atoms with Gasteiger partial charge in [-0.1, -0.05) is 72.8 Å². The minimum atomic E-state index is -0.856. The van der Waals surface area contributed by atoms with E-state index in [4.69, 9.17) is 9.15 Å². The second-order valence-electron chi connectivity index (χ2n) is 6.45. The van der Waals surface area contributed by atoms with E-state index in [0.717, 1.165) is 5.56 Å². The van der Waals surface area contributed by atoms with Gasteiger partial charge in [0, 0.05) is 0 Å². The summed E-state index contributed by atoms with van der Waals surface area (Å²) in [7, 11) is 0. The van der Waals surface area contributed by atoms with Crippen molar-refractivity contribution in [2.45, 2.75) is 12.5 Å². The molecule has 1 unspecified atom stereocenters. The van der Waals surface area contributed by atoms with E-state index in [1.165, 1.54) is 6.26 Å². The summed E-state index contributed by atoms with van der Waals surface area (Å²) < 4.78 is 11.2. The maximum absolute atomic E-state index is 13.1. The number of para-hydroxylation sites is 1. The summed E-state index contributed by atoms with van der Waals surface area (Å²) in [6.45, 7) is 0.141. The Morgan fingerprint density at radius 2 is 1.50 bits per heavy atom. The lowest BCUT2D eigenvalue weighted by atomic mass is 9.91. The molecule has 3 aromatic carbocycles. The maximum atomic E-state index is 13.1. The van der Waals surface area contributed by atoms with Gasteiger partial charge in [-0.2, -0.15) is 0 Å². The van der Waals surface area contributed by atoms with Crippen molar-refractivity contribution in [3.05, 3.63) is 118 Å². The molecule has 1 heterocycles. The van der Waals surface area contributed by atoms with Crippen LogP contribution in [0.15, 0.2) is 100 Å². The van der Waals surface area contributed by atoms with Crippen molar-refractivity contribution in [1.82, 2.24) is 0 Å². The molecule has 0 fully saturated rings. The van der Waals surface area contributed by atoms with Crippen LogP contribution in [0.4, 0.5) is 0 Å². The van der Waals surface area contributed by atoms with E-state index in [-0.39, 0.29) is 17.6 Å². The molecule has 0 amide bonds. The van der Waals surface area contributed by atoms with Gasteiger partial charge in [0.05, 0.1) is 17.2 Å². The lowest BCUT2D eigenvalue weighted by Crippen LogP contribution is -2.23. The highest BCUT2D eigenvalue weighted by atomic mass is 16.5. The predicted octanol–water partition coefficient (Wildman–Crippen LogP) is 4.67. The zero-order valence-electron chi connectivity index (χ0n) is 15.1. The van der Waals surface area contributed by atoms with Crippen LogP contribution in [0.25, 0.3) is 11.0 Å². The molecule has 28 heavy (non-hydrogen) atoms. The first-order valence-corrected chi connectivity index (χ1v) is 9.00. The Morgan fingerprint density at radius 3 is 2.25 bits per heavy atom. The third-order valence-corrected chi connectivity index (χ3v) is 4.61. The van der Waals surface area contributed by atoms with Gasteiger partial charge in [-0.3, -0.25) is 9.59 Å². The van der Waals surface area contributed by atoms with Gasteiger partial charge in [-0.15, -0.1) is 0 Å². The molecule has 4 nitrogen and oxygen atoms in total. The molecule has 4 rings (SSSR count). The molecule has 0 aliphatic rings. The normalized spacial score (nSPS) is 11.9. The number of ether oxygens (including phenoxy) is 1. The minimum Gasteiger partial charge on any atom is -0.464 e. The van der Waals surface area contributed by atoms with Crippen LogP contribution in [-0.2, 0) is 16.1 Å². The van der Waals surface area contributed by atoms with Gasteiger partial charge >= 0.3 is 5.97 Å². The summed E-state index contributed by atoms with van der Waals surface area (Å²) in [5, 5.41) is 0.441. The lowest BCUT2D eigenvalue weighted by Gasteiger charge is -2.16. The van der Waals surface area contributed by atoms with Crippen molar-refractivity contribution in [3.63, 3.8) is 0 Å². The molecule has 0 saturated heterocycles. The van der Waals surface area contributed by atoms with E-state index in [9.17, 15) is 9.59 Å². The number of carbonyl (C=O) groups excluding carboxylic acids is 1. The van der Waals surface area contributed by atoms with E-state index in [1.54, 1.807) is 24.3 Å². The van der Waals surface area contributed by atoms with Crippen molar-refractivity contribution in [2.24, 2.45) is 0 Å². The van der Waals surface area contributed by atoms with Crippen molar-refractivity contribution in [2.75, 3.05) is 0 Å². The van der Waals surface area contributed by atoms with Gasteiger partial charge in [0.1, 0.15) is 18.1 Å². The number of esters is 1. The van der Waals surface area contributed by atoms with Gasteiger partial charge in [0.15, 0.2) is 5.43 Å². The molecule has 0 saturated carbocycles. The Balaban J connectivity index is 1.73. The fraction of sp³-hybridized carbons (Fsp3) is 0.0833. The summed E-state index contributed by atoms with van der Waals surface area (Å²) in [6, 6.07) is 25.6. The molecule has 138 valence electrons. The Labute approximate surface area is 162 Å². The molecule has 4 aromatic rings. The number of fused-ring (bicyclic) bond motifs is 1. The topological polar surface area (TPSA) is 56.5 Å². The zero-order chi connectivity index (χ0) is 19.3. The highest BCUT2D eigenvalue weighted by Gasteiger charge is 2.28. The van der Waals surface area contributed by atoms with Crippen LogP contribution in [0.2, 0.25) is 0 Å². The second-order valence-corrected chi connectivity index (χ2v) is 6.45. The van der Waals surface area contributed by atoms with E-state index in [2.05, 4.69) is 0 Å². The van der Waals surface area contributed by atoms with Crippen molar-refractivity contribution >= 4 is 16.9 Å². The maximum Gasteiger partial charge on any atom is 0.318 e. The molecule has 0 bridgehead atoms. The quantitative estimate of drug-likeness (QED) is 0.479. The Hall–Kier alpha value is -3.66. The monoisotopic (exact) mass is 370 g/mol. The highest BCUT2D eigenvalue weighted by Crippen LogP contribution is 2.26. The second kappa shape index (κ2) is 7.92. The average Bonchev–Trinajstić information content (AvgIpc) is 2.76. The number of carbonyl (C=O) groups is 1. The lowest BCUT2D eigenvalue weighted by molar-refractivity contribution is -0.145. The zero-order valence-corrected chi connectivity index (χ0v) is 15.1. The van der Waals surface area contributed by atoms with E-state index >= 15 is 0 Å². The third kappa shape index (κ3) is 3.58. The van der Waals surface area contributed by atoms with Crippen molar-refractivity contribution in [1.29, 1.82) is 0 Å². The SMILES string of the molecule is O=C(OCc1ccccc1)C(c1ccccc1)c1coc2ccccc2c1=O. The molecule has 4 heteroatoms. The fourth-order valence-corrected chi connectivity index (χ4v) is 3.19. The molecule has 0 aliphatic heterocycles. The van der Waals surface area contributed by atoms with Crippen LogP contribution in [0.1, 0.15) is 22.6 Å². The number of hydrogen-bond donors (Lipinski definition) is 0. The van der Waals surface area contributed by atoms with E-state index in [0.29, 0.717) is 16.5 Å². The molecule has 1 atom stereocenters.